The summed E-state index contributed by atoms with van der Waals surface area (Å²) in [7, 11) is 0. The van der Waals surface area contributed by atoms with Gasteiger partial charge in [-0.15, -0.1) is 0 Å². The highest BCUT2D eigenvalue weighted by atomic mass is 16.1. The lowest BCUT2D eigenvalue weighted by molar-refractivity contribution is -0.119. The third-order valence-corrected chi connectivity index (χ3v) is 2.80. The van der Waals surface area contributed by atoms with Crippen LogP contribution in [0.4, 0.5) is 0 Å². The van der Waals surface area contributed by atoms with Gasteiger partial charge in [0.15, 0.2) is 5.41 Å². The van der Waals surface area contributed by atoms with E-state index in [0.29, 0.717) is 24.4 Å². The Balaban J connectivity index is 2.72. The molecule has 0 unspecified atom stereocenters. The van der Waals surface area contributed by atoms with Gasteiger partial charge in [0.2, 0.25) is 0 Å². The summed E-state index contributed by atoms with van der Waals surface area (Å²) in [5, 5.41) is 0. The van der Waals surface area contributed by atoms with Crippen LogP contribution >= 0.6 is 0 Å². The summed E-state index contributed by atoms with van der Waals surface area (Å²) < 4.78 is 0. The Morgan fingerprint density at radius 3 is 2.39 bits per heavy atom. The zero-order valence-electron chi connectivity index (χ0n) is 9.37. The first-order valence-corrected chi connectivity index (χ1v) is 5.25. The van der Waals surface area contributed by atoms with Gasteiger partial charge in [0.05, 0.1) is 0 Å². The summed E-state index contributed by atoms with van der Waals surface area (Å²) in [5.41, 5.74) is -0.964. The minimum Gasteiger partial charge on any atom is -0.347 e. The molecule has 1 aromatic carbocycles. The minimum atomic E-state index is -1.57. The number of benzene rings is 1. The van der Waals surface area contributed by atoms with Crippen LogP contribution in [-0.4, -0.2) is 28.8 Å². The average molecular weight is 242 g/mol. The Labute approximate surface area is 103 Å². The number of carbonyl (C=O) groups is 3. The molecule has 0 aliphatic carbocycles. The summed E-state index contributed by atoms with van der Waals surface area (Å²) in [4.78, 5) is 40.5. The lowest BCUT2D eigenvalue weighted by Crippen LogP contribution is -2.34. The first-order chi connectivity index (χ1) is 8.78. The normalized spacial score (nSPS) is 10.9. The molecule has 18 heavy (non-hydrogen) atoms. The van der Waals surface area contributed by atoms with Gasteiger partial charge >= 0.3 is 0 Å². The minimum absolute atomic E-state index is 0.196. The van der Waals surface area contributed by atoms with Crippen molar-refractivity contribution in [3.8, 4) is 0 Å². The van der Waals surface area contributed by atoms with E-state index >= 15 is 0 Å². The maximum absolute atomic E-state index is 11.4. The number of nitrogens with zero attached hydrogens (tertiary/aromatic N) is 1. The number of rotatable bonds is 5. The van der Waals surface area contributed by atoms with Gasteiger partial charge in [0, 0.05) is 18.0 Å². The Morgan fingerprint density at radius 1 is 1.11 bits per heavy atom. The molecule has 1 N–H and O–H groups in total. The molecule has 90 valence electrons. The molecule has 5 nitrogen and oxygen atoms in total. The molecule has 2 aromatic rings. The molecule has 0 aliphatic rings. The fourth-order valence-electron chi connectivity index (χ4n) is 1.86. The van der Waals surface area contributed by atoms with Crippen LogP contribution in [0.1, 0.15) is 21.7 Å². The predicted octanol–water partition coefficient (Wildman–Crippen LogP) is 0.906. The van der Waals surface area contributed by atoms with E-state index in [4.69, 9.17) is 0 Å². The van der Waals surface area contributed by atoms with E-state index in [1.165, 1.54) is 12.4 Å². The van der Waals surface area contributed by atoms with E-state index < -0.39 is 5.41 Å². The lowest BCUT2D eigenvalue weighted by atomic mass is 9.80. The Bertz CT molecular complexity index is 568. The van der Waals surface area contributed by atoms with Crippen molar-refractivity contribution in [1.82, 2.24) is 9.97 Å². The summed E-state index contributed by atoms with van der Waals surface area (Å²) in [5.74, 6) is 0.196. The molecule has 0 bridgehead atoms. The van der Waals surface area contributed by atoms with E-state index in [2.05, 4.69) is 9.97 Å². The second kappa shape index (κ2) is 4.75. The molecule has 1 aromatic heterocycles. The zero-order chi connectivity index (χ0) is 13.0. The van der Waals surface area contributed by atoms with Crippen LogP contribution in [-0.2, 0) is 15.0 Å². The highest BCUT2D eigenvalue weighted by molar-refractivity contribution is 5.98. The van der Waals surface area contributed by atoms with Gasteiger partial charge in [0.25, 0.3) is 0 Å². The van der Waals surface area contributed by atoms with E-state index in [9.17, 15) is 14.4 Å². The molecule has 0 spiro atoms. The monoisotopic (exact) mass is 242 g/mol. The molecule has 5 heteroatoms. The van der Waals surface area contributed by atoms with Gasteiger partial charge in [-0.2, -0.15) is 0 Å². The highest BCUT2D eigenvalue weighted by Crippen LogP contribution is 2.28. The summed E-state index contributed by atoms with van der Waals surface area (Å²) in [6.45, 7) is 0. The number of H-pyrrole nitrogens is 1. The average Bonchev–Trinajstić information content (AvgIpc) is 2.96. The SMILES string of the molecule is O=Cc1ccccc1C(C=O)(C=O)c1ncc[nH]1. The fraction of sp³-hybridized carbons (Fsp3) is 0.0769. The molecular formula is C13H10N2O3. The standard InChI is InChI=1S/C13H10N2O3/c16-7-10-3-1-2-4-11(10)13(8-17,9-18)12-14-5-6-15-12/h1-9H,(H,14,15). The quantitative estimate of drug-likeness (QED) is 0.624. The number of carbonyl (C=O) groups excluding carboxylic acids is 3. The van der Waals surface area contributed by atoms with Crippen molar-refractivity contribution in [3.05, 3.63) is 53.6 Å². The first-order valence-electron chi connectivity index (χ1n) is 5.25. The third-order valence-electron chi connectivity index (χ3n) is 2.80. The van der Waals surface area contributed by atoms with Crippen LogP contribution in [0.25, 0.3) is 0 Å². The number of aromatic nitrogens is 2. The Kier molecular flexibility index (Phi) is 3.14. The lowest BCUT2D eigenvalue weighted by Gasteiger charge is -2.21. The Morgan fingerprint density at radius 2 is 1.83 bits per heavy atom. The van der Waals surface area contributed by atoms with Gasteiger partial charge in [-0.1, -0.05) is 24.3 Å². The Hall–Kier alpha value is -2.56. The summed E-state index contributed by atoms with van der Waals surface area (Å²) >= 11 is 0. The van der Waals surface area contributed by atoms with E-state index in [1.54, 1.807) is 24.3 Å². The summed E-state index contributed by atoms with van der Waals surface area (Å²) in [6, 6.07) is 6.44. The van der Waals surface area contributed by atoms with Crippen molar-refractivity contribution >= 4 is 18.9 Å². The summed E-state index contributed by atoms with van der Waals surface area (Å²) in [6.07, 6.45) is 4.55. The second-order valence-electron chi connectivity index (χ2n) is 3.75. The molecule has 0 fully saturated rings. The van der Waals surface area contributed by atoms with Crippen LogP contribution in [0.5, 0.6) is 0 Å². The van der Waals surface area contributed by atoms with Gasteiger partial charge in [-0.3, -0.25) is 4.79 Å². The van der Waals surface area contributed by atoms with Gasteiger partial charge in [-0.25, -0.2) is 4.98 Å². The number of hydrogen-bond acceptors (Lipinski definition) is 4. The molecule has 0 saturated heterocycles. The molecule has 2 rings (SSSR count). The van der Waals surface area contributed by atoms with Crippen molar-refractivity contribution < 1.29 is 14.4 Å². The molecule has 0 radical (unpaired) electrons. The zero-order valence-corrected chi connectivity index (χ0v) is 9.37. The number of aldehydes is 3. The maximum Gasteiger partial charge on any atom is 0.164 e. The van der Waals surface area contributed by atoms with E-state index in [-0.39, 0.29) is 11.4 Å². The van der Waals surface area contributed by atoms with Gasteiger partial charge < -0.3 is 14.6 Å². The highest BCUT2D eigenvalue weighted by Gasteiger charge is 2.38. The van der Waals surface area contributed by atoms with E-state index in [0.717, 1.165) is 0 Å². The van der Waals surface area contributed by atoms with Crippen molar-refractivity contribution in [2.45, 2.75) is 5.41 Å². The van der Waals surface area contributed by atoms with Crippen molar-refractivity contribution in [2.24, 2.45) is 0 Å². The smallest absolute Gasteiger partial charge is 0.164 e. The second-order valence-corrected chi connectivity index (χ2v) is 3.75. The number of nitrogens with one attached hydrogen (secondary N) is 1. The van der Waals surface area contributed by atoms with E-state index in [1.807, 2.05) is 0 Å². The molecule has 0 saturated carbocycles. The van der Waals surface area contributed by atoms with Crippen molar-refractivity contribution in [3.63, 3.8) is 0 Å². The largest absolute Gasteiger partial charge is 0.347 e. The van der Waals surface area contributed by atoms with Crippen LogP contribution in [0.15, 0.2) is 36.7 Å². The van der Waals surface area contributed by atoms with Crippen LogP contribution in [0.3, 0.4) is 0 Å². The number of imidazole rings is 1. The van der Waals surface area contributed by atoms with Gasteiger partial charge in [-0.05, 0) is 5.56 Å². The molecular weight excluding hydrogens is 232 g/mol. The molecule has 0 amide bonds. The van der Waals surface area contributed by atoms with Crippen LogP contribution in [0, 0.1) is 0 Å². The molecule has 0 aliphatic heterocycles. The number of hydrogen-bond donors (Lipinski definition) is 1. The maximum atomic E-state index is 11.4. The van der Waals surface area contributed by atoms with Crippen molar-refractivity contribution in [2.75, 3.05) is 0 Å². The number of aromatic amines is 1. The van der Waals surface area contributed by atoms with Crippen LogP contribution in [0.2, 0.25) is 0 Å². The first kappa shape index (κ1) is 11.9. The molecule has 1 heterocycles. The van der Waals surface area contributed by atoms with Crippen molar-refractivity contribution in [1.29, 1.82) is 0 Å². The van der Waals surface area contributed by atoms with Gasteiger partial charge in [0.1, 0.15) is 24.7 Å². The molecule has 0 atom stereocenters. The third kappa shape index (κ3) is 1.66. The topological polar surface area (TPSA) is 79.9 Å². The predicted molar refractivity (Wildman–Crippen MR) is 63.3 cm³/mol. The van der Waals surface area contributed by atoms with Crippen LogP contribution < -0.4 is 0 Å². The fourth-order valence-corrected chi connectivity index (χ4v) is 1.86.